The van der Waals surface area contributed by atoms with Crippen molar-refractivity contribution in [3.05, 3.63) is 54.1 Å². The van der Waals surface area contributed by atoms with Crippen molar-refractivity contribution >= 4 is 47.0 Å². The summed E-state index contributed by atoms with van der Waals surface area (Å²) < 4.78 is 5.15. The van der Waals surface area contributed by atoms with Gasteiger partial charge in [-0.25, -0.2) is 4.79 Å². The number of thioether (sulfide) groups is 2. The lowest BCUT2D eigenvalue weighted by Gasteiger charge is -2.12. The number of benzene rings is 2. The van der Waals surface area contributed by atoms with Crippen LogP contribution >= 0.6 is 23.5 Å². The Bertz CT molecular complexity index is 856. The predicted octanol–water partition coefficient (Wildman–Crippen LogP) is 3.38. The van der Waals surface area contributed by atoms with Crippen molar-refractivity contribution in [2.75, 3.05) is 38.0 Å². The molecule has 1 N–H and O–H groups in total. The van der Waals surface area contributed by atoms with Crippen LogP contribution in [0.2, 0.25) is 0 Å². The molecule has 0 heterocycles. The van der Waals surface area contributed by atoms with Gasteiger partial charge in [-0.1, -0.05) is 18.2 Å². The van der Waals surface area contributed by atoms with Crippen molar-refractivity contribution in [2.45, 2.75) is 9.79 Å². The molecule has 0 saturated carbocycles. The van der Waals surface area contributed by atoms with Gasteiger partial charge in [-0.05, 0) is 36.6 Å². The third-order valence-electron chi connectivity index (χ3n) is 3.64. The highest BCUT2D eigenvalue weighted by molar-refractivity contribution is 8.00. The number of ether oxygens (including phenoxy) is 1. The first-order valence-electron chi connectivity index (χ1n) is 8.43. The molecule has 6 nitrogen and oxygen atoms in total. The average Bonchev–Trinajstić information content (AvgIpc) is 2.70. The number of carbonyl (C=O) groups is 3. The van der Waals surface area contributed by atoms with Gasteiger partial charge in [-0.3, -0.25) is 9.59 Å². The molecule has 0 saturated heterocycles. The van der Waals surface area contributed by atoms with Gasteiger partial charge >= 0.3 is 5.97 Å². The van der Waals surface area contributed by atoms with E-state index in [0.717, 1.165) is 4.90 Å². The molecule has 0 aromatic heterocycles. The summed E-state index contributed by atoms with van der Waals surface area (Å²) in [7, 11) is 3.35. The molecule has 8 heteroatoms. The topological polar surface area (TPSA) is 75.7 Å². The summed E-state index contributed by atoms with van der Waals surface area (Å²) in [5.74, 6) is -0.864. The Morgan fingerprint density at radius 2 is 1.82 bits per heavy atom. The first-order valence-corrected chi connectivity index (χ1v) is 10.6. The fourth-order valence-electron chi connectivity index (χ4n) is 2.14. The van der Waals surface area contributed by atoms with Crippen molar-refractivity contribution in [2.24, 2.45) is 0 Å². The summed E-state index contributed by atoms with van der Waals surface area (Å²) in [5, 5.41) is 2.71. The SMILES string of the molecule is CSc1cccc(NC(=O)COC(=O)c2ccccc2SCC(=O)N(C)C)c1. The quantitative estimate of drug-likeness (QED) is 0.523. The molecule has 2 rings (SSSR count). The minimum absolute atomic E-state index is 0.0555. The lowest BCUT2D eigenvalue weighted by Crippen LogP contribution is -2.23. The maximum absolute atomic E-state index is 12.4. The van der Waals surface area contributed by atoms with Crippen LogP contribution in [0.25, 0.3) is 0 Å². The first-order chi connectivity index (χ1) is 13.4. The Labute approximate surface area is 173 Å². The molecular weight excluding hydrogens is 396 g/mol. The normalized spacial score (nSPS) is 10.2. The first kappa shape index (κ1) is 21.8. The number of esters is 1. The zero-order valence-corrected chi connectivity index (χ0v) is 17.6. The van der Waals surface area contributed by atoms with E-state index in [9.17, 15) is 14.4 Å². The van der Waals surface area contributed by atoms with Gasteiger partial charge in [0.05, 0.1) is 11.3 Å². The van der Waals surface area contributed by atoms with Gasteiger partial charge in [-0.2, -0.15) is 0 Å². The summed E-state index contributed by atoms with van der Waals surface area (Å²) in [5.41, 5.74) is 0.974. The second-order valence-electron chi connectivity index (χ2n) is 5.93. The van der Waals surface area contributed by atoms with Crippen molar-refractivity contribution in [3.8, 4) is 0 Å². The second kappa shape index (κ2) is 10.8. The number of hydrogen-bond acceptors (Lipinski definition) is 6. The summed E-state index contributed by atoms with van der Waals surface area (Å²) in [6, 6.07) is 14.3. The molecule has 0 aliphatic carbocycles. The largest absolute Gasteiger partial charge is 0.452 e. The maximum atomic E-state index is 12.4. The lowest BCUT2D eigenvalue weighted by molar-refractivity contribution is -0.125. The Morgan fingerprint density at radius 1 is 1.07 bits per heavy atom. The molecule has 0 aliphatic rings. The molecule has 0 atom stereocenters. The molecule has 0 spiro atoms. The fraction of sp³-hybridized carbons (Fsp3) is 0.250. The van der Waals surface area contributed by atoms with E-state index in [1.54, 1.807) is 56.2 Å². The summed E-state index contributed by atoms with van der Waals surface area (Å²) in [6.07, 6.45) is 1.95. The molecule has 28 heavy (non-hydrogen) atoms. The van der Waals surface area contributed by atoms with Crippen LogP contribution in [0.4, 0.5) is 5.69 Å². The van der Waals surface area contributed by atoms with E-state index in [0.29, 0.717) is 16.1 Å². The van der Waals surface area contributed by atoms with Gasteiger partial charge in [0.15, 0.2) is 6.61 Å². The molecule has 148 valence electrons. The molecule has 0 fully saturated rings. The summed E-state index contributed by atoms with van der Waals surface area (Å²) in [6.45, 7) is -0.391. The smallest absolute Gasteiger partial charge is 0.339 e. The van der Waals surface area contributed by atoms with E-state index in [4.69, 9.17) is 4.74 Å². The van der Waals surface area contributed by atoms with Crippen LogP contribution in [0.1, 0.15) is 10.4 Å². The van der Waals surface area contributed by atoms with Gasteiger partial charge in [0.25, 0.3) is 5.91 Å². The Morgan fingerprint density at radius 3 is 2.54 bits per heavy atom. The van der Waals surface area contributed by atoms with Gasteiger partial charge in [0, 0.05) is 29.6 Å². The second-order valence-corrected chi connectivity index (χ2v) is 7.83. The van der Waals surface area contributed by atoms with Gasteiger partial charge in [0.1, 0.15) is 0 Å². The molecule has 0 radical (unpaired) electrons. The summed E-state index contributed by atoms with van der Waals surface area (Å²) >= 11 is 2.83. The van der Waals surface area contributed by atoms with Crippen LogP contribution in [0.3, 0.4) is 0 Å². The predicted molar refractivity (Wildman–Crippen MR) is 113 cm³/mol. The lowest BCUT2D eigenvalue weighted by atomic mass is 10.2. The van der Waals surface area contributed by atoms with Crippen LogP contribution < -0.4 is 5.32 Å². The number of anilines is 1. The zero-order chi connectivity index (χ0) is 20.5. The molecule has 0 bridgehead atoms. The highest BCUT2D eigenvalue weighted by Gasteiger charge is 2.16. The van der Waals surface area contributed by atoms with Crippen LogP contribution in [0, 0.1) is 0 Å². The van der Waals surface area contributed by atoms with Crippen molar-refractivity contribution < 1.29 is 19.1 Å². The standard InChI is InChI=1S/C20H22N2O4S2/c1-22(2)19(24)13-28-17-10-5-4-9-16(17)20(25)26-12-18(23)21-14-7-6-8-15(11-14)27-3/h4-11H,12-13H2,1-3H3,(H,21,23). The molecule has 0 aliphatic heterocycles. The van der Waals surface area contributed by atoms with E-state index < -0.39 is 18.5 Å². The molecule has 2 amide bonds. The average molecular weight is 419 g/mol. The third-order valence-corrected chi connectivity index (χ3v) is 5.43. The Kier molecular flexibility index (Phi) is 8.41. The molecule has 2 aromatic rings. The van der Waals surface area contributed by atoms with Crippen molar-refractivity contribution in [1.29, 1.82) is 0 Å². The van der Waals surface area contributed by atoms with Crippen LogP contribution in [-0.4, -0.2) is 55.4 Å². The highest BCUT2D eigenvalue weighted by Crippen LogP contribution is 2.23. The Balaban J connectivity index is 1.93. The van der Waals surface area contributed by atoms with E-state index in [1.165, 1.54) is 16.7 Å². The number of rotatable bonds is 8. The van der Waals surface area contributed by atoms with Crippen LogP contribution in [-0.2, 0) is 14.3 Å². The number of carbonyl (C=O) groups excluding carboxylic acids is 3. The molecule has 0 unspecified atom stereocenters. The Hall–Kier alpha value is -2.45. The van der Waals surface area contributed by atoms with Gasteiger partial charge in [-0.15, -0.1) is 23.5 Å². The van der Waals surface area contributed by atoms with Gasteiger partial charge < -0.3 is 15.0 Å². The zero-order valence-electron chi connectivity index (χ0n) is 15.9. The van der Waals surface area contributed by atoms with Crippen LogP contribution in [0.5, 0.6) is 0 Å². The van der Waals surface area contributed by atoms with Gasteiger partial charge in [0.2, 0.25) is 5.91 Å². The van der Waals surface area contributed by atoms with Crippen molar-refractivity contribution in [3.63, 3.8) is 0 Å². The van der Waals surface area contributed by atoms with E-state index in [-0.39, 0.29) is 11.7 Å². The minimum Gasteiger partial charge on any atom is -0.452 e. The van der Waals surface area contributed by atoms with Crippen LogP contribution in [0.15, 0.2) is 58.3 Å². The number of nitrogens with one attached hydrogen (secondary N) is 1. The number of hydrogen-bond donors (Lipinski definition) is 1. The highest BCUT2D eigenvalue weighted by atomic mass is 32.2. The fourth-order valence-corrected chi connectivity index (χ4v) is 3.61. The van der Waals surface area contributed by atoms with E-state index in [2.05, 4.69) is 5.32 Å². The monoisotopic (exact) mass is 418 g/mol. The minimum atomic E-state index is -0.603. The van der Waals surface area contributed by atoms with Crippen molar-refractivity contribution in [1.82, 2.24) is 4.90 Å². The maximum Gasteiger partial charge on any atom is 0.339 e. The third kappa shape index (κ3) is 6.61. The van der Waals surface area contributed by atoms with E-state index >= 15 is 0 Å². The number of amides is 2. The van der Waals surface area contributed by atoms with E-state index in [1.807, 2.05) is 24.5 Å². The number of nitrogens with zero attached hydrogens (tertiary/aromatic N) is 1. The molecule has 2 aromatic carbocycles. The molecular formula is C20H22N2O4S2. The summed E-state index contributed by atoms with van der Waals surface area (Å²) in [4.78, 5) is 39.4.